The van der Waals surface area contributed by atoms with Crippen LogP contribution < -0.4 is 10.5 Å². The van der Waals surface area contributed by atoms with Gasteiger partial charge in [0, 0.05) is 32.5 Å². The normalized spacial score (nSPS) is 16.6. The second kappa shape index (κ2) is 6.34. The molecule has 6 heteroatoms. The zero-order valence-electron chi connectivity index (χ0n) is 14.7. The van der Waals surface area contributed by atoms with Gasteiger partial charge in [0.05, 0.1) is 23.0 Å². The van der Waals surface area contributed by atoms with E-state index in [1.54, 1.807) is 13.2 Å². The number of carbonyl (C=O) groups is 1. The molecule has 0 atom stereocenters. The van der Waals surface area contributed by atoms with E-state index in [2.05, 4.69) is 27.7 Å². The highest BCUT2D eigenvalue weighted by atomic mass is 16.5. The van der Waals surface area contributed by atoms with Gasteiger partial charge in [-0.05, 0) is 25.8 Å². The van der Waals surface area contributed by atoms with Crippen LogP contribution in [0.4, 0.5) is 5.69 Å². The quantitative estimate of drug-likeness (QED) is 0.685. The van der Waals surface area contributed by atoms with Crippen LogP contribution in [0.2, 0.25) is 0 Å². The van der Waals surface area contributed by atoms with Crippen LogP contribution in [0, 0.1) is 12.3 Å². The molecule has 2 aromatic rings. The number of nitrogens with one attached hydrogen (secondary N) is 1. The Morgan fingerprint density at radius 3 is 2.68 bits per heavy atom. The number of methoxy groups -OCH3 is 1. The van der Waals surface area contributed by atoms with Gasteiger partial charge in [-0.1, -0.05) is 5.92 Å². The Morgan fingerprint density at radius 1 is 1.44 bits per heavy atom. The predicted octanol–water partition coefficient (Wildman–Crippen LogP) is 2.11. The van der Waals surface area contributed by atoms with Crippen LogP contribution in [-0.2, 0) is 4.74 Å². The Kier molecular flexibility index (Phi) is 4.36. The summed E-state index contributed by atoms with van der Waals surface area (Å²) in [6.45, 7) is 4.98. The molecule has 130 valence electrons. The van der Waals surface area contributed by atoms with Crippen molar-refractivity contribution in [2.45, 2.75) is 32.3 Å². The SMILES string of the molecule is C#Cc1c(N2CCC(C)(OC)CC2)c2cc(C(C)=O)ncc2[nH]c1=O. The average Bonchev–Trinajstić information content (AvgIpc) is 2.61. The summed E-state index contributed by atoms with van der Waals surface area (Å²) in [4.78, 5) is 33.1. The minimum absolute atomic E-state index is 0.132. The Bertz CT molecular complexity index is 931. The number of hydrogen-bond donors (Lipinski definition) is 1. The Morgan fingerprint density at radius 2 is 2.12 bits per heavy atom. The largest absolute Gasteiger partial charge is 0.378 e. The summed E-state index contributed by atoms with van der Waals surface area (Å²) in [5.41, 5.74) is 1.42. The molecule has 0 radical (unpaired) electrons. The summed E-state index contributed by atoms with van der Waals surface area (Å²) >= 11 is 0. The highest BCUT2D eigenvalue weighted by Crippen LogP contribution is 2.33. The number of ether oxygens (including phenoxy) is 1. The molecule has 25 heavy (non-hydrogen) atoms. The number of H-pyrrole nitrogens is 1. The number of terminal acetylenes is 1. The van der Waals surface area contributed by atoms with E-state index in [0.29, 0.717) is 16.9 Å². The van der Waals surface area contributed by atoms with E-state index in [1.165, 1.54) is 13.1 Å². The number of aromatic nitrogens is 2. The molecule has 3 rings (SSSR count). The van der Waals surface area contributed by atoms with Crippen molar-refractivity contribution in [1.82, 2.24) is 9.97 Å². The first-order valence-electron chi connectivity index (χ1n) is 8.22. The van der Waals surface area contributed by atoms with Crippen LogP contribution in [0.3, 0.4) is 0 Å². The number of anilines is 1. The lowest BCUT2D eigenvalue weighted by Gasteiger charge is -2.40. The Hall–Kier alpha value is -2.65. The minimum Gasteiger partial charge on any atom is -0.378 e. The van der Waals surface area contributed by atoms with E-state index in [1.807, 2.05) is 0 Å². The van der Waals surface area contributed by atoms with E-state index >= 15 is 0 Å². The molecular formula is C19H21N3O3. The average molecular weight is 339 g/mol. The van der Waals surface area contributed by atoms with Crippen molar-refractivity contribution in [2.75, 3.05) is 25.1 Å². The number of fused-ring (bicyclic) bond motifs is 1. The lowest BCUT2D eigenvalue weighted by Crippen LogP contribution is -2.44. The molecule has 1 aliphatic rings. The van der Waals surface area contributed by atoms with Crippen molar-refractivity contribution in [3.63, 3.8) is 0 Å². The topological polar surface area (TPSA) is 75.3 Å². The number of carbonyl (C=O) groups excluding carboxylic acids is 1. The minimum atomic E-state index is -0.317. The monoisotopic (exact) mass is 339 g/mol. The summed E-state index contributed by atoms with van der Waals surface area (Å²) in [7, 11) is 1.72. The molecule has 0 amide bonds. The summed E-state index contributed by atoms with van der Waals surface area (Å²) < 4.78 is 5.59. The van der Waals surface area contributed by atoms with Gasteiger partial charge < -0.3 is 14.6 Å². The third-order valence-electron chi connectivity index (χ3n) is 5.01. The van der Waals surface area contributed by atoms with Crippen molar-refractivity contribution < 1.29 is 9.53 Å². The summed E-state index contributed by atoms with van der Waals surface area (Å²) in [5.74, 6) is 2.38. The molecule has 1 N–H and O–H groups in total. The molecule has 6 nitrogen and oxygen atoms in total. The highest BCUT2D eigenvalue weighted by molar-refractivity contribution is 6.00. The van der Waals surface area contributed by atoms with Gasteiger partial charge in [0.1, 0.15) is 11.3 Å². The fourth-order valence-corrected chi connectivity index (χ4v) is 3.24. The number of nitrogens with zero attached hydrogens (tertiary/aromatic N) is 2. The Labute approximate surface area is 146 Å². The van der Waals surface area contributed by atoms with Gasteiger partial charge in [-0.25, -0.2) is 0 Å². The zero-order valence-corrected chi connectivity index (χ0v) is 14.7. The standard InChI is InChI=1S/C19H21N3O3/c1-5-13-17(22-8-6-19(3,25-4)7-9-22)14-10-15(12(2)23)20-11-16(14)21-18(13)24/h1,10-11H,6-9H2,2-4H3,(H,21,24). The van der Waals surface area contributed by atoms with Crippen LogP contribution >= 0.6 is 0 Å². The number of aromatic amines is 1. The van der Waals surface area contributed by atoms with Gasteiger partial charge in [-0.15, -0.1) is 6.42 Å². The molecule has 2 aromatic heterocycles. The van der Waals surface area contributed by atoms with Crippen molar-refractivity contribution in [1.29, 1.82) is 0 Å². The summed E-state index contributed by atoms with van der Waals surface area (Å²) in [6.07, 6.45) is 8.79. The van der Waals surface area contributed by atoms with Crippen molar-refractivity contribution in [2.24, 2.45) is 0 Å². The molecule has 1 fully saturated rings. The van der Waals surface area contributed by atoms with Gasteiger partial charge >= 0.3 is 0 Å². The maximum Gasteiger partial charge on any atom is 0.266 e. The van der Waals surface area contributed by atoms with Gasteiger partial charge in [-0.3, -0.25) is 14.6 Å². The van der Waals surface area contributed by atoms with Crippen molar-refractivity contribution >= 4 is 22.4 Å². The second-order valence-electron chi connectivity index (χ2n) is 6.63. The fraction of sp³-hybridized carbons (Fsp3) is 0.421. The molecule has 1 aliphatic heterocycles. The maximum atomic E-state index is 12.4. The number of pyridine rings is 2. The van der Waals surface area contributed by atoms with Crippen LogP contribution in [0.25, 0.3) is 10.9 Å². The fourth-order valence-electron chi connectivity index (χ4n) is 3.24. The number of rotatable bonds is 3. The lowest BCUT2D eigenvalue weighted by atomic mass is 9.92. The highest BCUT2D eigenvalue weighted by Gasteiger charge is 2.31. The first kappa shape index (κ1) is 17.2. The van der Waals surface area contributed by atoms with E-state index in [0.717, 1.165) is 31.3 Å². The molecule has 0 spiro atoms. The molecule has 0 aromatic carbocycles. The molecule has 0 saturated carbocycles. The summed E-state index contributed by atoms with van der Waals surface area (Å²) in [5, 5.41) is 0.744. The molecule has 0 unspecified atom stereocenters. The van der Waals surface area contributed by atoms with Gasteiger partial charge in [0.2, 0.25) is 0 Å². The van der Waals surface area contributed by atoms with Crippen molar-refractivity contribution in [3.8, 4) is 12.3 Å². The third kappa shape index (κ3) is 3.03. The molecule has 0 bridgehead atoms. The van der Waals surface area contributed by atoms with E-state index in [-0.39, 0.29) is 22.5 Å². The number of piperidine rings is 1. The number of Topliss-reactive ketones (excluding diaryl/α,β-unsaturated/α-hetero) is 1. The maximum absolute atomic E-state index is 12.4. The van der Waals surface area contributed by atoms with E-state index in [9.17, 15) is 9.59 Å². The van der Waals surface area contributed by atoms with E-state index in [4.69, 9.17) is 11.2 Å². The molecular weight excluding hydrogens is 318 g/mol. The van der Waals surface area contributed by atoms with Crippen LogP contribution in [0.5, 0.6) is 0 Å². The van der Waals surface area contributed by atoms with Crippen molar-refractivity contribution in [3.05, 3.63) is 33.9 Å². The first-order chi connectivity index (χ1) is 11.9. The summed E-state index contributed by atoms with van der Waals surface area (Å²) in [6, 6.07) is 1.70. The zero-order chi connectivity index (χ0) is 18.2. The van der Waals surface area contributed by atoms with Gasteiger partial charge in [0.25, 0.3) is 5.56 Å². The molecule has 3 heterocycles. The van der Waals surface area contributed by atoms with Crippen LogP contribution in [0.1, 0.15) is 42.7 Å². The number of hydrogen-bond acceptors (Lipinski definition) is 5. The van der Waals surface area contributed by atoms with Crippen LogP contribution in [0.15, 0.2) is 17.1 Å². The predicted molar refractivity (Wildman–Crippen MR) is 97.2 cm³/mol. The number of ketones is 1. The third-order valence-corrected chi connectivity index (χ3v) is 5.01. The molecule has 0 aliphatic carbocycles. The van der Waals surface area contributed by atoms with Gasteiger partial charge in [-0.2, -0.15) is 0 Å². The Balaban J connectivity index is 2.18. The van der Waals surface area contributed by atoms with E-state index < -0.39 is 0 Å². The first-order valence-corrected chi connectivity index (χ1v) is 8.22. The molecule has 1 saturated heterocycles. The van der Waals surface area contributed by atoms with Crippen LogP contribution in [-0.4, -0.2) is 41.6 Å². The second-order valence-corrected chi connectivity index (χ2v) is 6.63. The lowest BCUT2D eigenvalue weighted by molar-refractivity contribution is -0.0132. The smallest absolute Gasteiger partial charge is 0.266 e. The van der Waals surface area contributed by atoms with Gasteiger partial charge in [0.15, 0.2) is 5.78 Å².